The van der Waals surface area contributed by atoms with Crippen molar-refractivity contribution < 1.29 is 24.1 Å². The first kappa shape index (κ1) is 14.3. The van der Waals surface area contributed by atoms with Gasteiger partial charge in [0.25, 0.3) is 0 Å². The third-order valence-electron chi connectivity index (χ3n) is 2.51. The van der Waals surface area contributed by atoms with Gasteiger partial charge >= 0.3 is 5.97 Å². The fraction of sp³-hybridized carbons (Fsp3) is 0.462. The van der Waals surface area contributed by atoms with Gasteiger partial charge in [0, 0.05) is 0 Å². The van der Waals surface area contributed by atoms with E-state index in [0.717, 1.165) is 5.56 Å². The molecule has 1 N–H and O–H groups in total. The van der Waals surface area contributed by atoms with Crippen LogP contribution in [-0.2, 0) is 9.53 Å². The summed E-state index contributed by atoms with van der Waals surface area (Å²) in [5.74, 6) is 0.372. The maximum absolute atomic E-state index is 11.5. The van der Waals surface area contributed by atoms with Gasteiger partial charge in [-0.05, 0) is 37.1 Å². The molecule has 100 valence electrons. The minimum absolute atomic E-state index is 0.224. The molecule has 0 aromatic heterocycles. The maximum Gasteiger partial charge on any atom is 0.339 e. The molecule has 0 spiro atoms. The van der Waals surface area contributed by atoms with Gasteiger partial charge in [-0.2, -0.15) is 0 Å². The molecule has 1 rings (SSSR count). The minimum Gasteiger partial charge on any atom is -0.493 e. The van der Waals surface area contributed by atoms with Crippen molar-refractivity contribution >= 4 is 5.97 Å². The van der Waals surface area contributed by atoms with Crippen LogP contribution < -0.4 is 9.47 Å². The Labute approximate surface area is 106 Å². The van der Waals surface area contributed by atoms with Gasteiger partial charge in [-0.3, -0.25) is 0 Å². The van der Waals surface area contributed by atoms with E-state index >= 15 is 0 Å². The molecule has 1 atom stereocenters. The molecule has 0 aliphatic heterocycles. The van der Waals surface area contributed by atoms with E-state index in [2.05, 4.69) is 0 Å². The highest BCUT2D eigenvalue weighted by Crippen LogP contribution is 2.34. The molecule has 0 fully saturated rings. The molecule has 1 aromatic rings. The number of benzene rings is 1. The topological polar surface area (TPSA) is 65.0 Å². The number of carbonyl (C=O) groups excluding carboxylic acids is 1. The van der Waals surface area contributed by atoms with Crippen LogP contribution in [0.15, 0.2) is 12.1 Å². The van der Waals surface area contributed by atoms with Crippen LogP contribution in [0.3, 0.4) is 0 Å². The fourth-order valence-electron chi connectivity index (χ4n) is 1.70. The number of rotatable bonds is 5. The van der Waals surface area contributed by atoms with Crippen molar-refractivity contribution in [2.24, 2.45) is 0 Å². The highest BCUT2D eigenvalue weighted by atomic mass is 16.5. The van der Waals surface area contributed by atoms with Crippen LogP contribution in [0, 0.1) is 6.92 Å². The summed E-state index contributed by atoms with van der Waals surface area (Å²) >= 11 is 0. The van der Waals surface area contributed by atoms with E-state index in [-0.39, 0.29) is 6.61 Å². The molecule has 1 aromatic carbocycles. The Balaban J connectivity index is 3.11. The Morgan fingerprint density at radius 2 is 2.00 bits per heavy atom. The predicted octanol–water partition coefficient (Wildman–Crippen LogP) is 1.61. The van der Waals surface area contributed by atoms with E-state index in [1.165, 1.54) is 14.2 Å². The van der Waals surface area contributed by atoms with Crippen LogP contribution in [-0.4, -0.2) is 31.9 Å². The van der Waals surface area contributed by atoms with Gasteiger partial charge < -0.3 is 19.3 Å². The molecular weight excluding hydrogens is 236 g/mol. The van der Waals surface area contributed by atoms with E-state index in [1.54, 1.807) is 19.1 Å². The first-order chi connectivity index (χ1) is 8.54. The van der Waals surface area contributed by atoms with Crippen molar-refractivity contribution in [3.05, 3.63) is 23.3 Å². The number of methoxy groups -OCH3 is 2. The molecule has 0 amide bonds. The molecule has 1 unspecified atom stereocenters. The lowest BCUT2D eigenvalue weighted by Gasteiger charge is -2.15. The lowest BCUT2D eigenvalue weighted by molar-refractivity contribution is -0.153. The zero-order chi connectivity index (χ0) is 13.7. The number of hydrogen-bond acceptors (Lipinski definition) is 5. The summed E-state index contributed by atoms with van der Waals surface area (Å²) in [5.41, 5.74) is 1.19. The number of ether oxygens (including phenoxy) is 3. The van der Waals surface area contributed by atoms with Crippen LogP contribution in [0.2, 0.25) is 0 Å². The second-order valence-corrected chi connectivity index (χ2v) is 3.73. The zero-order valence-corrected chi connectivity index (χ0v) is 11.0. The van der Waals surface area contributed by atoms with Gasteiger partial charge in [-0.1, -0.05) is 0 Å². The summed E-state index contributed by atoms with van der Waals surface area (Å²) in [5, 5.41) is 9.86. The van der Waals surface area contributed by atoms with Crippen molar-refractivity contribution in [1.29, 1.82) is 0 Å². The molecule has 5 heteroatoms. The van der Waals surface area contributed by atoms with Gasteiger partial charge in [0.05, 0.1) is 20.8 Å². The highest BCUT2D eigenvalue weighted by Gasteiger charge is 2.21. The molecule has 0 aliphatic rings. The lowest BCUT2D eigenvalue weighted by Crippen LogP contribution is -2.15. The molecule has 0 aliphatic carbocycles. The predicted molar refractivity (Wildman–Crippen MR) is 65.9 cm³/mol. The second kappa shape index (κ2) is 6.26. The van der Waals surface area contributed by atoms with E-state index in [1.807, 2.05) is 6.92 Å². The van der Waals surface area contributed by atoms with Crippen LogP contribution >= 0.6 is 0 Å². The summed E-state index contributed by atoms with van der Waals surface area (Å²) in [7, 11) is 3.03. The smallest absolute Gasteiger partial charge is 0.339 e. The molecule has 0 saturated carbocycles. The number of aliphatic hydroxyl groups excluding tert-OH is 1. The summed E-state index contributed by atoms with van der Waals surface area (Å²) < 4.78 is 15.1. The van der Waals surface area contributed by atoms with Gasteiger partial charge in [0.15, 0.2) is 17.6 Å². The third-order valence-corrected chi connectivity index (χ3v) is 2.51. The van der Waals surface area contributed by atoms with Crippen molar-refractivity contribution in [2.45, 2.75) is 20.0 Å². The van der Waals surface area contributed by atoms with Crippen molar-refractivity contribution in [3.63, 3.8) is 0 Å². The number of aliphatic hydroxyl groups is 1. The quantitative estimate of drug-likeness (QED) is 0.809. The largest absolute Gasteiger partial charge is 0.493 e. The van der Waals surface area contributed by atoms with Crippen LogP contribution in [0.4, 0.5) is 0 Å². The molecule has 5 nitrogen and oxygen atoms in total. The fourth-order valence-corrected chi connectivity index (χ4v) is 1.70. The first-order valence-electron chi connectivity index (χ1n) is 5.62. The van der Waals surface area contributed by atoms with Gasteiger partial charge in [0.2, 0.25) is 0 Å². The van der Waals surface area contributed by atoms with E-state index in [0.29, 0.717) is 17.1 Å². The highest BCUT2D eigenvalue weighted by molar-refractivity contribution is 5.76. The van der Waals surface area contributed by atoms with Crippen LogP contribution in [0.1, 0.15) is 24.2 Å². The Morgan fingerprint density at radius 3 is 2.50 bits per heavy atom. The normalized spacial score (nSPS) is 11.8. The van der Waals surface area contributed by atoms with E-state index in [9.17, 15) is 9.90 Å². The molecule has 0 heterocycles. The van der Waals surface area contributed by atoms with Crippen LogP contribution in [0.25, 0.3) is 0 Å². The van der Waals surface area contributed by atoms with Gasteiger partial charge in [-0.15, -0.1) is 0 Å². The molecule has 18 heavy (non-hydrogen) atoms. The minimum atomic E-state index is -1.32. The monoisotopic (exact) mass is 254 g/mol. The standard InChI is InChI=1S/C13H18O5/c1-5-18-13(15)11(14)9-6-8(2)12(17-4)10(7-9)16-3/h6-7,11,14H,5H2,1-4H3. The van der Waals surface area contributed by atoms with Crippen LogP contribution in [0.5, 0.6) is 11.5 Å². The summed E-state index contributed by atoms with van der Waals surface area (Å²) in [6.45, 7) is 3.72. The zero-order valence-electron chi connectivity index (χ0n) is 11.0. The van der Waals surface area contributed by atoms with E-state index < -0.39 is 12.1 Å². The SMILES string of the molecule is CCOC(=O)C(O)c1cc(C)c(OC)c(OC)c1. The Bertz CT molecular complexity index is 428. The average Bonchev–Trinajstić information content (AvgIpc) is 2.36. The summed E-state index contributed by atoms with van der Waals surface area (Å²) in [6.07, 6.45) is -1.32. The van der Waals surface area contributed by atoms with Crippen molar-refractivity contribution in [2.75, 3.05) is 20.8 Å². The average molecular weight is 254 g/mol. The molecule has 0 radical (unpaired) electrons. The number of esters is 1. The summed E-state index contributed by atoms with van der Waals surface area (Å²) in [6, 6.07) is 3.23. The Hall–Kier alpha value is -1.75. The second-order valence-electron chi connectivity index (χ2n) is 3.73. The van der Waals surface area contributed by atoms with Gasteiger partial charge in [0.1, 0.15) is 0 Å². The first-order valence-corrected chi connectivity index (χ1v) is 5.62. The summed E-state index contributed by atoms with van der Waals surface area (Å²) in [4.78, 5) is 11.5. The molecule has 0 bridgehead atoms. The number of hydrogen-bond donors (Lipinski definition) is 1. The van der Waals surface area contributed by atoms with Gasteiger partial charge in [-0.25, -0.2) is 4.79 Å². The molecular formula is C13H18O5. The maximum atomic E-state index is 11.5. The number of aryl methyl sites for hydroxylation is 1. The van der Waals surface area contributed by atoms with Crippen molar-refractivity contribution in [1.82, 2.24) is 0 Å². The lowest BCUT2D eigenvalue weighted by atomic mass is 10.0. The van der Waals surface area contributed by atoms with E-state index in [4.69, 9.17) is 14.2 Å². The Morgan fingerprint density at radius 1 is 1.33 bits per heavy atom. The Kier molecular flexibility index (Phi) is 4.97. The molecule has 0 saturated heterocycles. The third kappa shape index (κ3) is 2.92. The van der Waals surface area contributed by atoms with Crippen molar-refractivity contribution in [3.8, 4) is 11.5 Å². The number of carbonyl (C=O) groups is 1.